The van der Waals surface area contributed by atoms with E-state index in [1.165, 1.54) is 5.56 Å². The van der Waals surface area contributed by atoms with Crippen LogP contribution in [0.25, 0.3) is 0 Å². The van der Waals surface area contributed by atoms with Crippen molar-refractivity contribution in [1.29, 1.82) is 0 Å². The second-order valence-corrected chi connectivity index (χ2v) is 7.29. The number of pyridine rings is 1. The highest BCUT2D eigenvalue weighted by Gasteiger charge is 2.10. The van der Waals surface area contributed by atoms with E-state index in [-0.39, 0.29) is 5.91 Å². The number of hydrogen-bond donors (Lipinski definition) is 1. The number of nitrogens with one attached hydrogen (secondary N) is 1. The predicted octanol–water partition coefficient (Wildman–Crippen LogP) is 4.37. The summed E-state index contributed by atoms with van der Waals surface area (Å²) in [6.07, 6.45) is 5.37. The first-order chi connectivity index (χ1) is 15.8. The lowest BCUT2D eigenvalue weighted by molar-refractivity contribution is -0.688. The maximum atomic E-state index is 12.5. The molecule has 158 valence electrons. The summed E-state index contributed by atoms with van der Waals surface area (Å²) < 4.78 is 7.76. The highest BCUT2D eigenvalue weighted by atomic mass is 16.5. The van der Waals surface area contributed by atoms with E-state index in [1.54, 1.807) is 12.3 Å². The third-order valence-electron chi connectivity index (χ3n) is 4.84. The zero-order valence-electron chi connectivity index (χ0n) is 17.6. The van der Waals surface area contributed by atoms with Crippen molar-refractivity contribution in [3.05, 3.63) is 132 Å². The summed E-state index contributed by atoms with van der Waals surface area (Å²) in [6.45, 7) is 1.22. The van der Waals surface area contributed by atoms with E-state index in [9.17, 15) is 4.79 Å². The Labute approximate surface area is 187 Å². The smallest absolute Gasteiger partial charge is 0.277 e. The topological polar surface area (TPSA) is 54.6 Å². The van der Waals surface area contributed by atoms with Gasteiger partial charge in [0.1, 0.15) is 17.9 Å². The Balaban J connectivity index is 1.30. The molecule has 0 unspecified atom stereocenters. The number of hydrazone groups is 1. The molecule has 4 aromatic rings. The van der Waals surface area contributed by atoms with E-state index >= 15 is 0 Å². The van der Waals surface area contributed by atoms with Gasteiger partial charge in [0.05, 0.1) is 6.21 Å². The van der Waals surface area contributed by atoms with Gasteiger partial charge in [-0.15, -0.1) is 0 Å². The third kappa shape index (κ3) is 6.12. The maximum Gasteiger partial charge on any atom is 0.277 e. The van der Waals surface area contributed by atoms with Crippen LogP contribution in [0, 0.1) is 0 Å². The summed E-state index contributed by atoms with van der Waals surface area (Å²) in [5.41, 5.74) is 6.29. The van der Waals surface area contributed by atoms with Crippen LogP contribution in [0.4, 0.5) is 0 Å². The summed E-state index contributed by atoms with van der Waals surface area (Å²) in [5, 5.41) is 4.08. The van der Waals surface area contributed by atoms with Gasteiger partial charge in [0.25, 0.3) is 5.91 Å². The first-order valence-electron chi connectivity index (χ1n) is 10.4. The van der Waals surface area contributed by atoms with Gasteiger partial charge in [-0.3, -0.25) is 4.79 Å². The van der Waals surface area contributed by atoms with Gasteiger partial charge in [0, 0.05) is 11.6 Å². The first kappa shape index (κ1) is 21.0. The number of aromatic nitrogens is 1. The molecule has 0 saturated heterocycles. The van der Waals surface area contributed by atoms with Gasteiger partial charge in [-0.25, -0.2) is 5.43 Å². The Morgan fingerprint density at radius 3 is 2.25 bits per heavy atom. The second kappa shape index (κ2) is 10.7. The third-order valence-corrected chi connectivity index (χ3v) is 4.84. The molecule has 0 fully saturated rings. The van der Waals surface area contributed by atoms with Crippen LogP contribution in [0.5, 0.6) is 5.75 Å². The standard InChI is InChI=1S/C27H23N3O2/c31-27(25-12-7-17-30(20-25)19-23-8-3-1-4-9-23)29-28-18-22-13-15-26(16-14-22)32-21-24-10-5-2-6-11-24/h1-18,20H,19,21H2/p+1/b28-18+. The van der Waals surface area contributed by atoms with Crippen LogP contribution in [-0.4, -0.2) is 12.1 Å². The molecule has 3 aromatic carbocycles. The Morgan fingerprint density at radius 2 is 1.53 bits per heavy atom. The minimum Gasteiger partial charge on any atom is -0.489 e. The van der Waals surface area contributed by atoms with Crippen LogP contribution < -0.4 is 14.7 Å². The Bertz CT molecular complexity index is 1170. The van der Waals surface area contributed by atoms with Crippen LogP contribution in [0.2, 0.25) is 0 Å². The molecule has 1 amide bonds. The van der Waals surface area contributed by atoms with Crippen LogP contribution in [0.3, 0.4) is 0 Å². The van der Waals surface area contributed by atoms with Gasteiger partial charge in [-0.2, -0.15) is 9.67 Å². The fourth-order valence-corrected chi connectivity index (χ4v) is 3.17. The molecule has 1 heterocycles. The molecule has 0 spiro atoms. The van der Waals surface area contributed by atoms with Crippen molar-refractivity contribution in [2.45, 2.75) is 13.2 Å². The SMILES string of the molecule is O=C(N/N=C/c1ccc(OCc2ccccc2)cc1)c1ccc[n+](Cc2ccccc2)c1. The lowest BCUT2D eigenvalue weighted by Crippen LogP contribution is -2.35. The largest absolute Gasteiger partial charge is 0.489 e. The fourth-order valence-electron chi connectivity index (χ4n) is 3.17. The Morgan fingerprint density at radius 1 is 0.844 bits per heavy atom. The monoisotopic (exact) mass is 422 g/mol. The fraction of sp³-hybridized carbons (Fsp3) is 0.0741. The molecule has 0 bridgehead atoms. The highest BCUT2D eigenvalue weighted by Crippen LogP contribution is 2.13. The lowest BCUT2D eigenvalue weighted by atomic mass is 10.2. The summed E-state index contributed by atoms with van der Waals surface area (Å²) in [4.78, 5) is 12.5. The normalized spacial score (nSPS) is 10.8. The van der Waals surface area contributed by atoms with E-state index in [2.05, 4.69) is 22.7 Å². The van der Waals surface area contributed by atoms with E-state index < -0.39 is 0 Å². The second-order valence-electron chi connectivity index (χ2n) is 7.29. The molecule has 5 nitrogen and oxygen atoms in total. The highest BCUT2D eigenvalue weighted by molar-refractivity contribution is 5.94. The van der Waals surface area contributed by atoms with Gasteiger partial charge in [-0.1, -0.05) is 60.7 Å². The van der Waals surface area contributed by atoms with E-state index in [0.717, 1.165) is 16.9 Å². The summed E-state index contributed by atoms with van der Waals surface area (Å²) in [6, 6.07) is 31.3. The zero-order valence-corrected chi connectivity index (χ0v) is 17.6. The molecular weight excluding hydrogens is 398 g/mol. The number of rotatable bonds is 8. The maximum absolute atomic E-state index is 12.5. The van der Waals surface area contributed by atoms with Gasteiger partial charge >= 0.3 is 0 Å². The number of amides is 1. The molecular formula is C27H24N3O2+. The van der Waals surface area contributed by atoms with E-state index in [0.29, 0.717) is 18.7 Å². The summed E-state index contributed by atoms with van der Waals surface area (Å²) >= 11 is 0. The molecule has 1 aromatic heterocycles. The molecule has 0 aliphatic carbocycles. The van der Waals surface area contributed by atoms with Crippen LogP contribution in [-0.2, 0) is 13.2 Å². The quantitative estimate of drug-likeness (QED) is 0.261. The van der Waals surface area contributed by atoms with Crippen molar-refractivity contribution in [3.8, 4) is 5.75 Å². The van der Waals surface area contributed by atoms with Crippen molar-refractivity contribution in [2.75, 3.05) is 0 Å². The summed E-state index contributed by atoms with van der Waals surface area (Å²) in [7, 11) is 0. The van der Waals surface area contributed by atoms with Gasteiger partial charge in [-0.05, 0) is 41.5 Å². The average molecular weight is 423 g/mol. The minimum absolute atomic E-state index is 0.258. The van der Waals surface area contributed by atoms with E-state index in [4.69, 9.17) is 4.74 Å². The van der Waals surface area contributed by atoms with Crippen LogP contribution in [0.1, 0.15) is 27.0 Å². The van der Waals surface area contributed by atoms with Gasteiger partial charge in [0.2, 0.25) is 0 Å². The molecule has 1 N–H and O–H groups in total. The van der Waals surface area contributed by atoms with Gasteiger partial charge < -0.3 is 4.74 Å². The molecule has 0 aliphatic heterocycles. The lowest BCUT2D eigenvalue weighted by Gasteiger charge is -2.06. The Hall–Kier alpha value is -4.25. The Kier molecular flexibility index (Phi) is 7.01. The molecule has 0 radical (unpaired) electrons. The number of hydrogen-bond acceptors (Lipinski definition) is 3. The zero-order chi connectivity index (χ0) is 22.0. The van der Waals surface area contributed by atoms with Crippen molar-refractivity contribution in [3.63, 3.8) is 0 Å². The van der Waals surface area contributed by atoms with Crippen molar-refractivity contribution >= 4 is 12.1 Å². The molecule has 0 atom stereocenters. The van der Waals surface area contributed by atoms with E-state index in [1.807, 2.05) is 95.8 Å². The molecule has 0 saturated carbocycles. The van der Waals surface area contributed by atoms with Crippen LogP contribution >= 0.6 is 0 Å². The van der Waals surface area contributed by atoms with Crippen molar-refractivity contribution in [1.82, 2.24) is 5.43 Å². The molecule has 0 aliphatic rings. The van der Waals surface area contributed by atoms with Crippen molar-refractivity contribution in [2.24, 2.45) is 5.10 Å². The van der Waals surface area contributed by atoms with Gasteiger partial charge in [0.15, 0.2) is 18.9 Å². The molecule has 4 rings (SSSR count). The molecule has 32 heavy (non-hydrogen) atoms. The first-order valence-corrected chi connectivity index (χ1v) is 10.4. The number of nitrogens with zero attached hydrogens (tertiary/aromatic N) is 2. The average Bonchev–Trinajstić information content (AvgIpc) is 2.85. The number of carbonyl (C=O) groups excluding carboxylic acids is 1. The van der Waals surface area contributed by atoms with Crippen LogP contribution in [0.15, 0.2) is 115 Å². The number of ether oxygens (including phenoxy) is 1. The minimum atomic E-state index is -0.258. The number of carbonyl (C=O) groups is 1. The number of benzene rings is 3. The predicted molar refractivity (Wildman–Crippen MR) is 124 cm³/mol. The molecule has 5 heteroatoms. The van der Waals surface area contributed by atoms with Crippen molar-refractivity contribution < 1.29 is 14.1 Å². The summed E-state index contributed by atoms with van der Waals surface area (Å²) in [5.74, 6) is 0.522.